The molecule has 3 rings (SSSR count). The van der Waals surface area contributed by atoms with Crippen LogP contribution in [0.15, 0.2) is 11.0 Å². The average molecular weight is 587 g/mol. The fourth-order valence-corrected chi connectivity index (χ4v) is 6.60. The Labute approximate surface area is 224 Å². The highest BCUT2D eigenvalue weighted by Crippen LogP contribution is 2.45. The maximum Gasteiger partial charge on any atom is 0.485 e. The number of alkyl halides is 3. The first kappa shape index (κ1) is 32.7. The monoisotopic (exact) mass is 586 g/mol. The van der Waals surface area contributed by atoms with Gasteiger partial charge in [0.05, 0.1) is 25.1 Å². The summed E-state index contributed by atoms with van der Waals surface area (Å²) in [6.07, 6.45) is 5.62. The van der Waals surface area contributed by atoms with Gasteiger partial charge in [-0.2, -0.15) is 22.3 Å². The summed E-state index contributed by atoms with van der Waals surface area (Å²) in [4.78, 5) is 12.8. The van der Waals surface area contributed by atoms with Crippen LogP contribution in [0.3, 0.4) is 0 Å². The first-order valence-corrected chi connectivity index (χ1v) is 17.2. The van der Waals surface area contributed by atoms with Gasteiger partial charge in [0.15, 0.2) is 18.4 Å². The Morgan fingerprint density at radius 1 is 1.26 bits per heavy atom. The number of fused-ring (bicyclic) bond motifs is 4. The van der Waals surface area contributed by atoms with Crippen molar-refractivity contribution >= 4 is 18.4 Å². The molecular weight excluding hydrogens is 545 g/mol. The highest BCUT2D eigenvalue weighted by atomic mass is 32.2. The zero-order chi connectivity index (χ0) is 29.3. The topological polar surface area (TPSA) is 111 Å². The first-order chi connectivity index (χ1) is 17.2. The van der Waals surface area contributed by atoms with Crippen LogP contribution in [-0.2, 0) is 25.8 Å². The molecule has 2 aliphatic heterocycles. The molecule has 1 aromatic rings. The number of ether oxygens (including phenoxy) is 2. The van der Waals surface area contributed by atoms with E-state index in [4.69, 9.17) is 26.9 Å². The van der Waals surface area contributed by atoms with Crippen molar-refractivity contribution in [2.24, 2.45) is 5.92 Å². The molecule has 9 nitrogen and oxygen atoms in total. The summed E-state index contributed by atoms with van der Waals surface area (Å²) >= 11 is 0. The molecule has 3 heterocycles. The van der Waals surface area contributed by atoms with Crippen molar-refractivity contribution in [3.05, 3.63) is 22.1 Å². The van der Waals surface area contributed by atoms with Crippen LogP contribution in [-0.4, -0.2) is 50.2 Å². The Hall–Kier alpha value is -1.48. The van der Waals surface area contributed by atoms with Crippen LogP contribution in [0.1, 0.15) is 72.1 Å². The number of nitrogens with zero attached hydrogens (tertiary/aromatic N) is 2. The molecule has 1 saturated heterocycles. The molecule has 220 valence electrons. The molecule has 0 aromatic carbocycles. The van der Waals surface area contributed by atoms with Gasteiger partial charge in [0.2, 0.25) is 6.23 Å². The molecule has 0 spiro atoms. The van der Waals surface area contributed by atoms with Crippen molar-refractivity contribution in [1.29, 1.82) is 0 Å². The predicted octanol–water partition coefficient (Wildman–Crippen LogP) is 4.39. The predicted molar refractivity (Wildman–Crippen MR) is 136 cm³/mol. The zero-order valence-electron chi connectivity index (χ0n) is 23.4. The van der Waals surface area contributed by atoms with E-state index in [-0.39, 0.29) is 29.0 Å². The van der Waals surface area contributed by atoms with Crippen LogP contribution in [0, 0.1) is 12.8 Å². The molecule has 2 bridgehead atoms. The fourth-order valence-electron chi connectivity index (χ4n) is 4.26. The van der Waals surface area contributed by atoms with Gasteiger partial charge in [0.1, 0.15) is 18.4 Å². The quantitative estimate of drug-likeness (QED) is 0.139. The third-order valence-corrected chi connectivity index (χ3v) is 13.1. The summed E-state index contributed by atoms with van der Waals surface area (Å²) in [5.41, 5.74) is -4.88. The summed E-state index contributed by atoms with van der Waals surface area (Å²) in [5, 5.41) is 0.163. The normalized spacial score (nSPS) is 21.6. The molecule has 2 aliphatic rings. The molecule has 38 heavy (non-hydrogen) atoms. The maximum absolute atomic E-state index is 12.8. The Morgan fingerprint density at radius 2 is 1.84 bits per heavy atom. The smallest absolute Gasteiger partial charge is 0.485 e. The zero-order valence-corrected chi connectivity index (χ0v) is 25.2. The van der Waals surface area contributed by atoms with Crippen LogP contribution in [0.2, 0.25) is 18.1 Å². The van der Waals surface area contributed by atoms with Crippen LogP contribution >= 0.6 is 0 Å². The summed E-state index contributed by atoms with van der Waals surface area (Å²) in [5.74, 6) is 0.555. The van der Waals surface area contributed by atoms with Gasteiger partial charge in [-0.1, -0.05) is 41.0 Å². The molecule has 0 N–H and O–H groups in total. The molecular formula is C24H41F3N2O7SSi. The minimum atomic E-state index is -6.09. The Kier molecular flexibility index (Phi) is 10.3. The number of hydrogen-bond donors (Lipinski definition) is 0. The second-order valence-corrected chi connectivity index (χ2v) is 17.3. The summed E-state index contributed by atoms with van der Waals surface area (Å²) in [7, 11) is -8.02. The molecule has 0 saturated carbocycles. The Balaban J connectivity index is 0.000000550. The lowest BCUT2D eigenvalue weighted by Gasteiger charge is -2.43. The maximum atomic E-state index is 12.8. The van der Waals surface area contributed by atoms with Gasteiger partial charge >= 0.3 is 17.1 Å². The van der Waals surface area contributed by atoms with Crippen LogP contribution < -0.4 is 14.9 Å². The van der Waals surface area contributed by atoms with Crippen molar-refractivity contribution in [3.8, 4) is 6.01 Å². The SMILES string of the molecule is CCCCCn1c2[n+](cc(C)c1=O)[C@H]1C[C@H](O2)[C@@H](CO[Si](C)(C)C(C)(C)C(C)C)O1.O=S(=O)([O-])C(F)(F)F. The molecule has 1 aromatic heterocycles. The van der Waals surface area contributed by atoms with Gasteiger partial charge < -0.3 is 18.5 Å². The van der Waals surface area contributed by atoms with Crippen molar-refractivity contribution in [1.82, 2.24) is 4.57 Å². The number of aromatic nitrogens is 2. The molecule has 0 amide bonds. The van der Waals surface area contributed by atoms with E-state index in [2.05, 4.69) is 47.7 Å². The molecule has 3 atom stereocenters. The Morgan fingerprint density at radius 3 is 2.34 bits per heavy atom. The van der Waals surface area contributed by atoms with Crippen LogP contribution in [0.25, 0.3) is 0 Å². The lowest BCUT2D eigenvalue weighted by Crippen LogP contribution is -2.50. The van der Waals surface area contributed by atoms with E-state index < -0.39 is 23.9 Å². The average Bonchev–Trinajstić information content (AvgIpc) is 3.11. The summed E-state index contributed by atoms with van der Waals surface area (Å²) in [6, 6.07) is 0.643. The summed E-state index contributed by atoms with van der Waals surface area (Å²) < 4.78 is 82.0. The van der Waals surface area contributed by atoms with Crippen LogP contribution in [0.4, 0.5) is 13.2 Å². The van der Waals surface area contributed by atoms with Crippen molar-refractivity contribution in [3.63, 3.8) is 0 Å². The van der Waals surface area contributed by atoms with Crippen molar-refractivity contribution in [2.45, 2.75) is 116 Å². The van der Waals surface area contributed by atoms with E-state index in [9.17, 15) is 18.0 Å². The third-order valence-electron chi connectivity index (χ3n) is 7.99. The van der Waals surface area contributed by atoms with Gasteiger partial charge in [-0.25, -0.2) is 13.2 Å². The number of unbranched alkanes of at least 4 members (excludes halogenated alkanes) is 2. The first-order valence-electron chi connectivity index (χ1n) is 12.9. The molecule has 0 radical (unpaired) electrons. The second kappa shape index (κ2) is 11.9. The number of aryl methyl sites for hydroxylation is 1. The molecule has 1 fully saturated rings. The van der Waals surface area contributed by atoms with Crippen LogP contribution in [0.5, 0.6) is 6.01 Å². The van der Waals surface area contributed by atoms with Crippen molar-refractivity contribution in [2.75, 3.05) is 6.61 Å². The van der Waals surface area contributed by atoms with E-state index in [0.717, 1.165) is 31.2 Å². The largest absolute Gasteiger partial charge is 0.741 e. The van der Waals surface area contributed by atoms with E-state index in [1.54, 1.807) is 4.57 Å². The van der Waals surface area contributed by atoms with Gasteiger partial charge in [0, 0.05) is 0 Å². The van der Waals surface area contributed by atoms with Gasteiger partial charge in [-0.3, -0.25) is 0 Å². The summed E-state index contributed by atoms with van der Waals surface area (Å²) in [6.45, 7) is 19.0. The fraction of sp³-hybridized carbons (Fsp3) is 0.833. The van der Waals surface area contributed by atoms with E-state index in [1.807, 2.05) is 17.7 Å². The lowest BCUT2D eigenvalue weighted by atomic mass is 9.99. The highest BCUT2D eigenvalue weighted by Gasteiger charge is 2.50. The van der Waals surface area contributed by atoms with E-state index >= 15 is 0 Å². The minimum absolute atomic E-state index is 0.0404. The third kappa shape index (κ3) is 7.17. The number of hydrogen-bond acceptors (Lipinski definition) is 7. The van der Waals surface area contributed by atoms with Gasteiger partial charge in [-0.15, -0.1) is 0 Å². The van der Waals surface area contributed by atoms with E-state index in [1.165, 1.54) is 0 Å². The minimum Gasteiger partial charge on any atom is -0.741 e. The standard InChI is InChI=1S/C23H41N2O4Si.CHF3O3S/c1-9-10-11-12-24-21(26)17(4)14-25-20-13-18(29-22(24)25)19(28-20)15-27-30(7,8)23(5,6)16(2)3;2-1(3,4)8(5,6)7/h14,16,18-20H,9-13,15H2,1-8H3;(H,5,6,7)/q+1;/p-1/t18-,19+,20+;/m0./s1. The molecule has 14 heteroatoms. The number of halogens is 3. The number of rotatable bonds is 9. The second-order valence-electron chi connectivity index (χ2n) is 11.3. The molecule has 0 aliphatic carbocycles. The molecule has 0 unspecified atom stereocenters. The van der Waals surface area contributed by atoms with E-state index in [0.29, 0.717) is 25.1 Å². The van der Waals surface area contributed by atoms with Crippen molar-refractivity contribution < 1.29 is 44.6 Å². The Bertz CT molecular complexity index is 1140. The highest BCUT2D eigenvalue weighted by molar-refractivity contribution is 7.86. The van der Waals surface area contributed by atoms with Gasteiger partial charge in [0.25, 0.3) is 0 Å². The lowest BCUT2D eigenvalue weighted by molar-refractivity contribution is -0.770. The van der Waals surface area contributed by atoms with Gasteiger partial charge in [-0.05, 0) is 43.8 Å².